The van der Waals surface area contributed by atoms with Gasteiger partial charge in [0.05, 0.1) is 5.56 Å². The van der Waals surface area contributed by atoms with Gasteiger partial charge in [0.1, 0.15) is 5.69 Å². The van der Waals surface area contributed by atoms with E-state index in [9.17, 15) is 14.4 Å². The first-order chi connectivity index (χ1) is 9.41. The molecule has 20 heavy (non-hydrogen) atoms. The van der Waals surface area contributed by atoms with Gasteiger partial charge in [0.15, 0.2) is 0 Å². The van der Waals surface area contributed by atoms with Crippen molar-refractivity contribution in [3.63, 3.8) is 0 Å². The Kier molecular flexibility index (Phi) is 5.64. The maximum absolute atomic E-state index is 11.7. The average Bonchev–Trinajstić information content (AvgIpc) is 2.43. The average molecular weight is 279 g/mol. The van der Waals surface area contributed by atoms with Crippen LogP contribution in [-0.4, -0.2) is 41.0 Å². The van der Waals surface area contributed by atoms with Crippen molar-refractivity contribution in [3.8, 4) is 0 Å². The second kappa shape index (κ2) is 7.22. The fourth-order valence-corrected chi connectivity index (χ4v) is 1.32. The zero-order valence-electron chi connectivity index (χ0n) is 11.3. The van der Waals surface area contributed by atoms with Crippen LogP contribution in [0.15, 0.2) is 18.3 Å². The van der Waals surface area contributed by atoms with Crippen LogP contribution in [-0.2, 0) is 4.79 Å². The minimum atomic E-state index is -1.15. The maximum Gasteiger partial charge on any atom is 0.354 e. The summed E-state index contributed by atoms with van der Waals surface area (Å²) < 4.78 is 0. The molecule has 2 amide bonds. The Labute approximate surface area is 116 Å². The van der Waals surface area contributed by atoms with Crippen LogP contribution in [0.2, 0.25) is 0 Å². The number of rotatable bonds is 6. The lowest BCUT2D eigenvalue weighted by Crippen LogP contribution is -2.36. The van der Waals surface area contributed by atoms with E-state index in [1.807, 2.05) is 0 Å². The van der Waals surface area contributed by atoms with Crippen molar-refractivity contribution < 1.29 is 19.5 Å². The third-order valence-electron chi connectivity index (χ3n) is 2.48. The summed E-state index contributed by atoms with van der Waals surface area (Å²) in [7, 11) is 0. The third kappa shape index (κ3) is 4.68. The molecule has 0 aromatic carbocycles. The fourth-order valence-electron chi connectivity index (χ4n) is 1.32. The van der Waals surface area contributed by atoms with Crippen LogP contribution in [0.25, 0.3) is 0 Å². The molecule has 0 aliphatic rings. The number of amides is 2. The number of aromatic carboxylic acids is 1. The Balaban J connectivity index is 2.39. The minimum Gasteiger partial charge on any atom is -0.477 e. The molecule has 0 radical (unpaired) electrons. The fraction of sp³-hybridized carbons (Fsp3) is 0.385. The lowest BCUT2D eigenvalue weighted by atomic mass is 10.2. The number of carbonyl (C=O) groups excluding carboxylic acids is 2. The molecule has 0 aliphatic carbocycles. The molecule has 3 N–H and O–H groups in total. The van der Waals surface area contributed by atoms with Gasteiger partial charge in [-0.25, -0.2) is 9.78 Å². The van der Waals surface area contributed by atoms with Crippen LogP contribution in [0, 0.1) is 5.92 Å². The number of carbonyl (C=O) groups is 3. The number of carboxylic acids is 1. The lowest BCUT2D eigenvalue weighted by Gasteiger charge is -2.08. The number of pyridine rings is 1. The highest BCUT2D eigenvalue weighted by Gasteiger charge is 2.09. The van der Waals surface area contributed by atoms with Gasteiger partial charge in [0.2, 0.25) is 5.91 Å². The molecule has 1 rings (SSSR count). The first-order valence-corrected chi connectivity index (χ1v) is 6.17. The summed E-state index contributed by atoms with van der Waals surface area (Å²) in [5, 5.41) is 13.9. The number of carboxylic acid groups (broad SMARTS) is 1. The Morgan fingerprint density at radius 1 is 1.20 bits per heavy atom. The summed E-state index contributed by atoms with van der Waals surface area (Å²) in [5.74, 6) is -1.69. The Morgan fingerprint density at radius 3 is 2.35 bits per heavy atom. The van der Waals surface area contributed by atoms with Crippen molar-refractivity contribution in [2.45, 2.75) is 13.8 Å². The smallest absolute Gasteiger partial charge is 0.354 e. The van der Waals surface area contributed by atoms with Crippen molar-refractivity contribution in [1.29, 1.82) is 0 Å². The highest BCUT2D eigenvalue weighted by molar-refractivity contribution is 5.94. The molecule has 0 unspecified atom stereocenters. The number of hydrogen-bond donors (Lipinski definition) is 3. The molecule has 0 bridgehead atoms. The second-order valence-corrected chi connectivity index (χ2v) is 4.44. The first-order valence-electron chi connectivity index (χ1n) is 6.17. The zero-order valence-corrected chi connectivity index (χ0v) is 11.3. The molecular formula is C13H17N3O4. The van der Waals surface area contributed by atoms with Crippen molar-refractivity contribution >= 4 is 17.8 Å². The van der Waals surface area contributed by atoms with E-state index in [1.54, 1.807) is 13.8 Å². The van der Waals surface area contributed by atoms with Crippen LogP contribution >= 0.6 is 0 Å². The molecule has 0 spiro atoms. The number of nitrogens with zero attached hydrogens (tertiary/aromatic N) is 1. The Morgan fingerprint density at radius 2 is 1.85 bits per heavy atom. The van der Waals surface area contributed by atoms with Gasteiger partial charge in [-0.05, 0) is 12.1 Å². The van der Waals surface area contributed by atoms with E-state index in [0.29, 0.717) is 6.54 Å². The molecular weight excluding hydrogens is 262 g/mol. The van der Waals surface area contributed by atoms with Gasteiger partial charge in [-0.2, -0.15) is 0 Å². The second-order valence-electron chi connectivity index (χ2n) is 4.44. The first kappa shape index (κ1) is 15.6. The molecule has 1 aromatic rings. The summed E-state index contributed by atoms with van der Waals surface area (Å²) in [4.78, 5) is 37.2. The zero-order chi connectivity index (χ0) is 15.1. The van der Waals surface area contributed by atoms with Gasteiger partial charge in [-0.1, -0.05) is 13.8 Å². The highest BCUT2D eigenvalue weighted by Crippen LogP contribution is 2.00. The van der Waals surface area contributed by atoms with Gasteiger partial charge >= 0.3 is 5.97 Å². The lowest BCUT2D eigenvalue weighted by molar-refractivity contribution is -0.123. The quantitative estimate of drug-likeness (QED) is 0.648. The van der Waals surface area contributed by atoms with E-state index in [0.717, 1.165) is 0 Å². The summed E-state index contributed by atoms with van der Waals surface area (Å²) in [6, 6.07) is 2.65. The van der Waals surface area contributed by atoms with E-state index >= 15 is 0 Å². The summed E-state index contributed by atoms with van der Waals surface area (Å²) >= 11 is 0. The van der Waals surface area contributed by atoms with Gasteiger partial charge in [-0.3, -0.25) is 9.59 Å². The molecule has 1 heterocycles. The minimum absolute atomic E-state index is 0.0771. The van der Waals surface area contributed by atoms with Crippen molar-refractivity contribution in [3.05, 3.63) is 29.6 Å². The summed E-state index contributed by atoms with van der Waals surface area (Å²) in [6.45, 7) is 4.19. The van der Waals surface area contributed by atoms with E-state index in [2.05, 4.69) is 15.6 Å². The Hall–Kier alpha value is -2.44. The van der Waals surface area contributed by atoms with Crippen molar-refractivity contribution in [1.82, 2.24) is 15.6 Å². The molecule has 0 aliphatic heterocycles. The molecule has 0 atom stereocenters. The molecule has 7 heteroatoms. The van der Waals surface area contributed by atoms with Crippen LogP contribution in [0.3, 0.4) is 0 Å². The number of nitrogens with one attached hydrogen (secondary N) is 2. The molecule has 108 valence electrons. The number of hydrogen-bond acceptors (Lipinski definition) is 4. The topological polar surface area (TPSA) is 108 Å². The SMILES string of the molecule is CC(C)C(=O)NCCNC(=O)c1ccc(C(=O)O)nc1. The summed E-state index contributed by atoms with van der Waals surface area (Å²) in [5.41, 5.74) is 0.149. The van der Waals surface area contributed by atoms with Gasteiger partial charge in [0, 0.05) is 25.2 Å². The van der Waals surface area contributed by atoms with E-state index in [1.165, 1.54) is 18.3 Å². The Bertz CT molecular complexity index is 497. The van der Waals surface area contributed by atoms with Crippen LogP contribution in [0.4, 0.5) is 0 Å². The van der Waals surface area contributed by atoms with Gasteiger partial charge < -0.3 is 15.7 Å². The molecule has 0 saturated carbocycles. The summed E-state index contributed by atoms with van der Waals surface area (Å²) in [6.07, 6.45) is 1.20. The van der Waals surface area contributed by atoms with Crippen molar-refractivity contribution in [2.75, 3.05) is 13.1 Å². The molecule has 0 saturated heterocycles. The van der Waals surface area contributed by atoms with Crippen molar-refractivity contribution in [2.24, 2.45) is 5.92 Å². The van der Waals surface area contributed by atoms with E-state index < -0.39 is 5.97 Å². The normalized spacial score (nSPS) is 10.2. The molecule has 1 aromatic heterocycles. The molecule has 7 nitrogen and oxygen atoms in total. The van der Waals surface area contributed by atoms with E-state index in [4.69, 9.17) is 5.11 Å². The predicted octanol–water partition coefficient (Wildman–Crippen LogP) is 0.282. The van der Waals surface area contributed by atoms with Gasteiger partial charge in [-0.15, -0.1) is 0 Å². The standard InChI is InChI=1S/C13H17N3O4/c1-8(2)11(17)14-5-6-15-12(18)9-3-4-10(13(19)20)16-7-9/h3-4,7-8H,5-6H2,1-2H3,(H,14,17)(H,15,18)(H,19,20). The third-order valence-corrected chi connectivity index (χ3v) is 2.48. The molecule has 0 fully saturated rings. The largest absolute Gasteiger partial charge is 0.477 e. The van der Waals surface area contributed by atoms with Crippen LogP contribution in [0.5, 0.6) is 0 Å². The highest BCUT2D eigenvalue weighted by atomic mass is 16.4. The number of aromatic nitrogens is 1. The van der Waals surface area contributed by atoms with Crippen LogP contribution < -0.4 is 10.6 Å². The van der Waals surface area contributed by atoms with E-state index in [-0.39, 0.29) is 35.5 Å². The van der Waals surface area contributed by atoms with Gasteiger partial charge in [0.25, 0.3) is 5.91 Å². The maximum atomic E-state index is 11.7. The predicted molar refractivity (Wildman–Crippen MR) is 71.4 cm³/mol. The van der Waals surface area contributed by atoms with Crippen LogP contribution in [0.1, 0.15) is 34.7 Å². The monoisotopic (exact) mass is 279 g/mol.